The van der Waals surface area contributed by atoms with Crippen LogP contribution in [0.5, 0.6) is 23.0 Å². The van der Waals surface area contributed by atoms with E-state index in [-0.39, 0.29) is 43.2 Å². The lowest BCUT2D eigenvalue weighted by atomic mass is 9.85. The lowest BCUT2D eigenvalue weighted by molar-refractivity contribution is -0.122. The molecule has 0 unspecified atom stereocenters. The van der Waals surface area contributed by atoms with E-state index in [9.17, 15) is 4.79 Å². The molecule has 0 spiro atoms. The van der Waals surface area contributed by atoms with Crippen molar-refractivity contribution < 1.29 is 23.7 Å². The summed E-state index contributed by atoms with van der Waals surface area (Å²) in [6.07, 6.45) is 0.903. The quantitative estimate of drug-likeness (QED) is 0.211. The van der Waals surface area contributed by atoms with Gasteiger partial charge in [-0.1, -0.05) is 56.0 Å². The zero-order chi connectivity index (χ0) is 32.7. The van der Waals surface area contributed by atoms with Crippen molar-refractivity contribution >= 4 is 48.2 Å². The summed E-state index contributed by atoms with van der Waals surface area (Å²) in [4.78, 5) is 21.7. The zero-order valence-electron chi connectivity index (χ0n) is 28.6. The van der Waals surface area contributed by atoms with E-state index in [4.69, 9.17) is 18.9 Å². The lowest BCUT2D eigenvalue weighted by Gasteiger charge is -2.43. The van der Waals surface area contributed by atoms with Gasteiger partial charge in [-0.15, -0.1) is 36.6 Å². The molecule has 2 heterocycles. The maximum absolute atomic E-state index is 14.0. The maximum atomic E-state index is 14.0. The fourth-order valence-electron chi connectivity index (χ4n) is 6.21. The molecule has 0 saturated carbocycles. The minimum absolute atomic E-state index is 0. The zero-order valence-corrected chi connectivity index (χ0v) is 31.1. The first kappa shape index (κ1) is 39.2. The van der Waals surface area contributed by atoms with E-state index in [2.05, 4.69) is 41.6 Å². The molecule has 1 saturated heterocycles. The highest BCUT2D eigenvalue weighted by Crippen LogP contribution is 2.56. The number of carbonyl (C=O) groups excluding carboxylic acids is 1. The number of methoxy groups -OCH3 is 3. The third kappa shape index (κ3) is 8.30. The molecule has 2 aliphatic heterocycles. The van der Waals surface area contributed by atoms with E-state index in [0.717, 1.165) is 60.9 Å². The molecule has 0 aromatic heterocycles. The number of para-hydroxylation sites is 2. The van der Waals surface area contributed by atoms with Crippen LogP contribution < -0.4 is 23.8 Å². The monoisotopic (exact) mass is 715 g/mol. The van der Waals surface area contributed by atoms with Crippen molar-refractivity contribution in [1.29, 1.82) is 0 Å². The highest BCUT2D eigenvalue weighted by atomic mass is 35.5. The molecule has 8 nitrogen and oxygen atoms in total. The summed E-state index contributed by atoms with van der Waals surface area (Å²) >= 11 is 1.63. The molecule has 0 bridgehead atoms. The summed E-state index contributed by atoms with van der Waals surface area (Å²) in [5, 5.41) is 0. The smallest absolute Gasteiger partial charge is 0.248 e. The van der Waals surface area contributed by atoms with Gasteiger partial charge in [-0.3, -0.25) is 9.69 Å². The van der Waals surface area contributed by atoms with Crippen LogP contribution in [0, 0.1) is 17.8 Å². The van der Waals surface area contributed by atoms with Crippen LogP contribution in [-0.4, -0.2) is 90.0 Å². The number of ether oxygens (including phenoxy) is 4. The van der Waals surface area contributed by atoms with Crippen LogP contribution in [0.1, 0.15) is 25.0 Å². The molecule has 5 rings (SSSR count). The Morgan fingerprint density at radius 2 is 1.46 bits per heavy atom. The number of fused-ring (bicyclic) bond motifs is 1. The summed E-state index contributed by atoms with van der Waals surface area (Å²) in [6.45, 7) is 10.1. The van der Waals surface area contributed by atoms with Crippen LogP contribution >= 0.6 is 36.6 Å². The highest BCUT2D eigenvalue weighted by molar-refractivity contribution is 8.01. The minimum Gasteiger partial charge on any atom is -0.493 e. The second kappa shape index (κ2) is 17.9. The lowest BCUT2D eigenvalue weighted by Crippen LogP contribution is -2.49. The number of rotatable bonds is 11. The third-order valence-electron chi connectivity index (χ3n) is 8.85. The second-order valence-electron chi connectivity index (χ2n) is 11.9. The number of nitrogens with zero attached hydrogens (tertiary/aromatic N) is 3. The number of amides is 1. The molecule has 2 aliphatic rings. The normalized spacial score (nSPS) is 17.7. The predicted molar refractivity (Wildman–Crippen MR) is 199 cm³/mol. The van der Waals surface area contributed by atoms with Gasteiger partial charge in [0.1, 0.15) is 17.1 Å². The number of hydrogen-bond donors (Lipinski definition) is 0. The Hall–Kier alpha value is -3.26. The van der Waals surface area contributed by atoms with Crippen molar-refractivity contribution in [1.82, 2.24) is 9.80 Å². The number of halogens is 2. The number of benzene rings is 3. The van der Waals surface area contributed by atoms with Crippen LogP contribution in [-0.2, 0) is 16.0 Å². The summed E-state index contributed by atoms with van der Waals surface area (Å²) in [5.41, 5.74) is 3.00. The van der Waals surface area contributed by atoms with Gasteiger partial charge in [-0.2, -0.15) is 0 Å². The van der Waals surface area contributed by atoms with E-state index >= 15 is 0 Å². The number of likely N-dealkylation sites (N-methyl/N-ethyl adjacent to an activating group) is 1. The Labute approximate surface area is 302 Å². The molecule has 0 N–H and O–H groups in total. The van der Waals surface area contributed by atoms with E-state index in [1.54, 1.807) is 38.0 Å². The molecule has 1 atom stereocenters. The SMILES string of the molecule is COc1cc(CCN2CCN(CC#CCOc3ccccc3[C@@]3(C(C)C)Sc4ccccc4N(C)C3=O)CC2)cc(OC)c1OC.Cl.Cl. The number of anilines is 1. The van der Waals surface area contributed by atoms with Gasteiger partial charge in [-0.05, 0) is 48.2 Å². The molecule has 0 radical (unpaired) electrons. The topological polar surface area (TPSA) is 63.7 Å². The maximum Gasteiger partial charge on any atom is 0.248 e. The number of carbonyl (C=O) groups is 1. The Morgan fingerprint density at radius 3 is 2.10 bits per heavy atom. The molecule has 1 fully saturated rings. The Balaban J connectivity index is 0.00000312. The minimum atomic E-state index is -0.793. The first-order chi connectivity index (χ1) is 22.3. The summed E-state index contributed by atoms with van der Waals surface area (Å²) < 4.78 is 21.9. The number of hydrogen-bond acceptors (Lipinski definition) is 8. The van der Waals surface area contributed by atoms with Gasteiger partial charge in [0.15, 0.2) is 11.5 Å². The van der Waals surface area contributed by atoms with Crippen LogP contribution in [0.2, 0.25) is 0 Å². The number of piperazine rings is 1. The van der Waals surface area contributed by atoms with Gasteiger partial charge < -0.3 is 28.7 Å². The molecule has 48 heavy (non-hydrogen) atoms. The van der Waals surface area contributed by atoms with Gasteiger partial charge >= 0.3 is 0 Å². The second-order valence-corrected chi connectivity index (χ2v) is 13.2. The largest absolute Gasteiger partial charge is 0.493 e. The van der Waals surface area contributed by atoms with Crippen molar-refractivity contribution in [2.75, 3.05) is 79.2 Å². The van der Waals surface area contributed by atoms with Gasteiger partial charge in [0.25, 0.3) is 0 Å². The van der Waals surface area contributed by atoms with Crippen molar-refractivity contribution in [3.05, 3.63) is 71.8 Å². The van der Waals surface area contributed by atoms with Gasteiger partial charge in [0.2, 0.25) is 11.7 Å². The molecular weight excluding hydrogens is 669 g/mol. The van der Waals surface area contributed by atoms with Crippen molar-refractivity contribution in [3.8, 4) is 34.8 Å². The molecule has 3 aromatic rings. The number of thioether (sulfide) groups is 1. The van der Waals surface area contributed by atoms with Crippen LogP contribution in [0.4, 0.5) is 5.69 Å². The van der Waals surface area contributed by atoms with E-state index < -0.39 is 4.75 Å². The van der Waals surface area contributed by atoms with Crippen molar-refractivity contribution in [3.63, 3.8) is 0 Å². The van der Waals surface area contributed by atoms with E-state index in [1.807, 2.05) is 61.6 Å². The van der Waals surface area contributed by atoms with Gasteiger partial charge in [0, 0.05) is 50.2 Å². The summed E-state index contributed by atoms with van der Waals surface area (Å²) in [7, 11) is 6.78. The molecular formula is C37H47Cl2N3O5S. The Kier molecular flexibility index (Phi) is 14.6. The van der Waals surface area contributed by atoms with Gasteiger partial charge in [0.05, 0.1) is 33.6 Å². The van der Waals surface area contributed by atoms with Crippen LogP contribution in [0.15, 0.2) is 65.6 Å². The molecule has 0 aliphatic carbocycles. The standard InChI is InChI=1S/C37H45N3O5S.2ClH/c1-27(2)37(36(41)38(3)30-14-8-10-16-34(30)46-37)29-13-7-9-15-31(29)45-24-12-11-18-39-20-22-40(23-21-39)19-17-28-25-32(42-4)35(44-6)33(26-28)43-5;;/h7-10,13-16,25-27H,17-24H2,1-6H3;2*1H/t37-;;/m1../s1. The molecule has 3 aromatic carbocycles. The van der Waals surface area contributed by atoms with E-state index in [1.165, 1.54) is 0 Å². The molecule has 11 heteroatoms. The fourth-order valence-corrected chi connectivity index (χ4v) is 7.75. The average Bonchev–Trinajstić information content (AvgIpc) is 3.08. The van der Waals surface area contributed by atoms with Crippen LogP contribution in [0.3, 0.4) is 0 Å². The molecule has 1 amide bonds. The first-order valence-electron chi connectivity index (χ1n) is 15.8. The van der Waals surface area contributed by atoms with Crippen molar-refractivity contribution in [2.24, 2.45) is 5.92 Å². The fraction of sp³-hybridized carbons (Fsp3) is 0.432. The average molecular weight is 717 g/mol. The summed E-state index contributed by atoms with van der Waals surface area (Å²) in [5.74, 6) is 9.33. The summed E-state index contributed by atoms with van der Waals surface area (Å²) in [6, 6.07) is 20.1. The van der Waals surface area contributed by atoms with Crippen LogP contribution in [0.25, 0.3) is 0 Å². The Bertz CT molecular complexity index is 1560. The Morgan fingerprint density at radius 1 is 0.833 bits per heavy atom. The predicted octanol–water partition coefficient (Wildman–Crippen LogP) is 6.42. The molecule has 260 valence electrons. The van der Waals surface area contributed by atoms with Gasteiger partial charge in [-0.25, -0.2) is 0 Å². The van der Waals surface area contributed by atoms with Crippen molar-refractivity contribution in [2.45, 2.75) is 29.9 Å². The third-order valence-corrected chi connectivity index (χ3v) is 10.6. The highest BCUT2D eigenvalue weighted by Gasteiger charge is 2.51. The van der Waals surface area contributed by atoms with E-state index in [0.29, 0.717) is 29.5 Å². The first-order valence-corrected chi connectivity index (χ1v) is 16.6.